The summed E-state index contributed by atoms with van der Waals surface area (Å²) in [6.45, 7) is 5.38. The first kappa shape index (κ1) is 21.8. The summed E-state index contributed by atoms with van der Waals surface area (Å²) in [5.41, 5.74) is 0.580. The molecule has 11 heteroatoms. The van der Waals surface area contributed by atoms with Crippen LogP contribution in [0.4, 0.5) is 11.5 Å². The summed E-state index contributed by atoms with van der Waals surface area (Å²) in [4.78, 5) is 28.7. The van der Waals surface area contributed by atoms with Crippen molar-refractivity contribution < 1.29 is 22.5 Å². The predicted molar refractivity (Wildman–Crippen MR) is 112 cm³/mol. The molecule has 10 nitrogen and oxygen atoms in total. The van der Waals surface area contributed by atoms with Crippen molar-refractivity contribution in [3.05, 3.63) is 41.7 Å². The number of amides is 2. The van der Waals surface area contributed by atoms with Gasteiger partial charge in [0, 0.05) is 32.2 Å². The fourth-order valence-electron chi connectivity index (χ4n) is 3.09. The van der Waals surface area contributed by atoms with E-state index in [2.05, 4.69) is 15.2 Å². The molecular formula is C19H25N5O5S. The third kappa shape index (κ3) is 5.57. The standard InChI is InChI=1S/C19H25N5O5S/c1-3-30(27,28)22-16-7-5-4-6-15(16)19(26)24-10-8-23(9-11-24)13-18(25)20-17-12-14(2)29-21-17/h4-7,12,22H,3,8-11,13H2,1-2H3,(H,20,21,25). The van der Waals surface area contributed by atoms with Crippen molar-refractivity contribution in [3.63, 3.8) is 0 Å². The number of nitrogens with one attached hydrogen (secondary N) is 2. The smallest absolute Gasteiger partial charge is 0.256 e. The molecule has 0 radical (unpaired) electrons. The fraction of sp³-hybridized carbons (Fsp3) is 0.421. The number of para-hydroxylation sites is 1. The van der Waals surface area contributed by atoms with Crippen LogP contribution in [0, 0.1) is 6.92 Å². The van der Waals surface area contributed by atoms with Crippen LogP contribution >= 0.6 is 0 Å². The predicted octanol–water partition coefficient (Wildman–Crippen LogP) is 1.14. The van der Waals surface area contributed by atoms with Crippen molar-refractivity contribution in [2.45, 2.75) is 13.8 Å². The Balaban J connectivity index is 1.56. The molecule has 2 aromatic rings. The maximum Gasteiger partial charge on any atom is 0.256 e. The lowest BCUT2D eigenvalue weighted by Crippen LogP contribution is -2.50. The number of hydrogen-bond acceptors (Lipinski definition) is 7. The van der Waals surface area contributed by atoms with Crippen LogP contribution in [0.25, 0.3) is 0 Å². The van der Waals surface area contributed by atoms with Crippen LogP contribution < -0.4 is 10.0 Å². The Morgan fingerprint density at radius 2 is 1.87 bits per heavy atom. The normalized spacial score (nSPS) is 15.1. The lowest BCUT2D eigenvalue weighted by Gasteiger charge is -2.34. The summed E-state index contributed by atoms with van der Waals surface area (Å²) in [6.07, 6.45) is 0. The second kappa shape index (κ2) is 9.26. The van der Waals surface area contributed by atoms with E-state index in [1.807, 2.05) is 4.90 Å². The van der Waals surface area contributed by atoms with E-state index >= 15 is 0 Å². The van der Waals surface area contributed by atoms with Gasteiger partial charge in [-0.3, -0.25) is 19.2 Å². The van der Waals surface area contributed by atoms with Gasteiger partial charge in [0.25, 0.3) is 5.91 Å². The molecule has 1 aliphatic heterocycles. The average molecular weight is 436 g/mol. The van der Waals surface area contributed by atoms with Crippen LogP contribution in [-0.2, 0) is 14.8 Å². The van der Waals surface area contributed by atoms with Gasteiger partial charge in [-0.15, -0.1) is 0 Å². The average Bonchev–Trinajstić information content (AvgIpc) is 3.12. The first-order chi connectivity index (χ1) is 14.3. The SMILES string of the molecule is CCS(=O)(=O)Nc1ccccc1C(=O)N1CCN(CC(=O)Nc2cc(C)on2)CC1. The van der Waals surface area contributed by atoms with Gasteiger partial charge in [-0.25, -0.2) is 8.42 Å². The van der Waals surface area contributed by atoms with Crippen LogP contribution in [-0.4, -0.2) is 73.7 Å². The Morgan fingerprint density at radius 3 is 2.50 bits per heavy atom. The molecular weight excluding hydrogens is 410 g/mol. The lowest BCUT2D eigenvalue weighted by atomic mass is 10.1. The van der Waals surface area contributed by atoms with Crippen molar-refractivity contribution >= 4 is 33.3 Å². The van der Waals surface area contributed by atoms with Gasteiger partial charge in [-0.05, 0) is 26.0 Å². The van der Waals surface area contributed by atoms with E-state index in [0.29, 0.717) is 43.3 Å². The molecule has 3 rings (SSSR count). The molecule has 0 spiro atoms. The number of sulfonamides is 1. The highest BCUT2D eigenvalue weighted by molar-refractivity contribution is 7.92. The van der Waals surface area contributed by atoms with Crippen molar-refractivity contribution in [1.29, 1.82) is 0 Å². The molecule has 1 aromatic carbocycles. The Bertz CT molecular complexity index is 1010. The summed E-state index contributed by atoms with van der Waals surface area (Å²) in [5.74, 6) is 0.454. The van der Waals surface area contributed by atoms with E-state index in [4.69, 9.17) is 4.52 Å². The van der Waals surface area contributed by atoms with Gasteiger partial charge in [0.15, 0.2) is 5.82 Å². The Labute approximate surface area is 175 Å². The minimum absolute atomic E-state index is 0.0792. The number of benzene rings is 1. The van der Waals surface area contributed by atoms with Crippen LogP contribution in [0.2, 0.25) is 0 Å². The summed E-state index contributed by atoms with van der Waals surface area (Å²) in [5, 5.41) is 6.40. The first-order valence-corrected chi connectivity index (χ1v) is 11.3. The van der Waals surface area contributed by atoms with E-state index in [1.54, 1.807) is 42.2 Å². The monoisotopic (exact) mass is 435 g/mol. The maximum atomic E-state index is 12.9. The molecule has 2 amide bonds. The molecule has 1 saturated heterocycles. The van der Waals surface area contributed by atoms with Crippen LogP contribution in [0.1, 0.15) is 23.0 Å². The fourth-order valence-corrected chi connectivity index (χ4v) is 3.75. The summed E-state index contributed by atoms with van der Waals surface area (Å²) < 4.78 is 31.2. The van der Waals surface area contributed by atoms with Gasteiger partial charge in [-0.1, -0.05) is 17.3 Å². The van der Waals surface area contributed by atoms with Gasteiger partial charge in [0.2, 0.25) is 15.9 Å². The number of carbonyl (C=O) groups is 2. The Morgan fingerprint density at radius 1 is 1.17 bits per heavy atom. The summed E-state index contributed by atoms with van der Waals surface area (Å²) in [7, 11) is -3.49. The highest BCUT2D eigenvalue weighted by Crippen LogP contribution is 2.20. The number of nitrogens with zero attached hydrogens (tertiary/aromatic N) is 3. The highest BCUT2D eigenvalue weighted by atomic mass is 32.2. The quantitative estimate of drug-likeness (QED) is 0.668. The topological polar surface area (TPSA) is 125 Å². The second-order valence-corrected chi connectivity index (χ2v) is 9.00. The molecule has 2 N–H and O–H groups in total. The lowest BCUT2D eigenvalue weighted by molar-refractivity contribution is -0.117. The van der Waals surface area contributed by atoms with Crippen LogP contribution in [0.5, 0.6) is 0 Å². The van der Waals surface area contributed by atoms with E-state index in [0.717, 1.165) is 0 Å². The third-order valence-corrected chi connectivity index (χ3v) is 6.02. The van der Waals surface area contributed by atoms with E-state index in [9.17, 15) is 18.0 Å². The molecule has 2 heterocycles. The zero-order valence-electron chi connectivity index (χ0n) is 16.9. The molecule has 0 aliphatic carbocycles. The zero-order valence-corrected chi connectivity index (χ0v) is 17.7. The molecule has 0 atom stereocenters. The molecule has 0 unspecified atom stereocenters. The van der Waals surface area contributed by atoms with Gasteiger partial charge in [0.1, 0.15) is 5.76 Å². The minimum atomic E-state index is -3.49. The van der Waals surface area contributed by atoms with E-state index < -0.39 is 10.0 Å². The second-order valence-electron chi connectivity index (χ2n) is 6.99. The van der Waals surface area contributed by atoms with Gasteiger partial charge in [0.05, 0.1) is 23.5 Å². The molecule has 1 aliphatic rings. The van der Waals surface area contributed by atoms with E-state index in [-0.39, 0.29) is 29.8 Å². The zero-order chi connectivity index (χ0) is 21.7. The Kier molecular flexibility index (Phi) is 6.73. The molecule has 1 fully saturated rings. The molecule has 162 valence electrons. The number of carbonyl (C=O) groups excluding carboxylic acids is 2. The highest BCUT2D eigenvalue weighted by Gasteiger charge is 2.25. The molecule has 30 heavy (non-hydrogen) atoms. The largest absolute Gasteiger partial charge is 0.360 e. The van der Waals surface area contributed by atoms with Crippen molar-refractivity contribution in [2.24, 2.45) is 0 Å². The number of hydrogen-bond donors (Lipinski definition) is 2. The van der Waals surface area contributed by atoms with Crippen LogP contribution in [0.3, 0.4) is 0 Å². The number of anilines is 2. The first-order valence-electron chi connectivity index (χ1n) is 9.61. The minimum Gasteiger partial charge on any atom is -0.360 e. The Hall–Kier alpha value is -2.92. The summed E-state index contributed by atoms with van der Waals surface area (Å²) in [6, 6.07) is 8.20. The van der Waals surface area contributed by atoms with Crippen molar-refractivity contribution in [2.75, 3.05) is 48.5 Å². The van der Waals surface area contributed by atoms with Gasteiger partial charge < -0.3 is 14.7 Å². The third-order valence-electron chi connectivity index (χ3n) is 4.73. The number of rotatable bonds is 7. The molecule has 0 bridgehead atoms. The van der Waals surface area contributed by atoms with Gasteiger partial charge in [-0.2, -0.15) is 0 Å². The summed E-state index contributed by atoms with van der Waals surface area (Å²) >= 11 is 0. The van der Waals surface area contributed by atoms with Gasteiger partial charge >= 0.3 is 0 Å². The van der Waals surface area contributed by atoms with E-state index in [1.165, 1.54) is 6.92 Å². The number of aromatic nitrogens is 1. The molecule has 1 aromatic heterocycles. The van der Waals surface area contributed by atoms with Crippen LogP contribution in [0.15, 0.2) is 34.9 Å². The number of piperazine rings is 1. The van der Waals surface area contributed by atoms with Crippen molar-refractivity contribution in [3.8, 4) is 0 Å². The molecule has 0 saturated carbocycles. The number of aryl methyl sites for hydroxylation is 1. The van der Waals surface area contributed by atoms with Crippen molar-refractivity contribution in [1.82, 2.24) is 15.0 Å². The maximum absolute atomic E-state index is 12.9.